The van der Waals surface area contributed by atoms with Crippen molar-refractivity contribution in [3.8, 4) is 34.2 Å². The summed E-state index contributed by atoms with van der Waals surface area (Å²) in [6, 6.07) is 30.0. The van der Waals surface area contributed by atoms with Crippen LogP contribution in [0, 0.1) is 6.92 Å². The molecule has 8 nitrogen and oxygen atoms in total. The molecular formula is C32H26N6O2Ru. The summed E-state index contributed by atoms with van der Waals surface area (Å²) in [5.41, 5.74) is 5.76. The molecule has 0 spiro atoms. The van der Waals surface area contributed by atoms with Gasteiger partial charge in [0, 0.05) is 56.7 Å². The Balaban J connectivity index is 0.000000169. The summed E-state index contributed by atoms with van der Waals surface area (Å²) in [7, 11) is 0. The average Bonchev–Trinajstić information content (AvgIpc) is 3.04. The number of carboxylic acid groups (broad SMARTS) is 1. The molecule has 0 aromatic carbocycles. The molecule has 1 N–H and O–H groups in total. The SMILES string of the molecule is Cc1cccnc1-c1ncccc1C(=O)O.[Ru].c1ccc(-c2ccccn2)nc1.c1ccc(-c2ccccn2)nc1. The molecule has 41 heavy (non-hydrogen) atoms. The van der Waals surface area contributed by atoms with Crippen LogP contribution in [0.15, 0.2) is 134 Å². The zero-order valence-corrected chi connectivity index (χ0v) is 23.8. The van der Waals surface area contributed by atoms with Crippen LogP contribution in [0.5, 0.6) is 0 Å². The normalized spacial score (nSPS) is 9.59. The van der Waals surface area contributed by atoms with E-state index < -0.39 is 5.97 Å². The van der Waals surface area contributed by atoms with Crippen LogP contribution < -0.4 is 0 Å². The Morgan fingerprint density at radius 2 is 0.854 bits per heavy atom. The zero-order valence-electron chi connectivity index (χ0n) is 22.1. The molecule has 0 atom stereocenters. The molecule has 9 heteroatoms. The van der Waals surface area contributed by atoms with Gasteiger partial charge >= 0.3 is 5.97 Å². The average molecular weight is 628 g/mol. The van der Waals surface area contributed by atoms with Crippen molar-refractivity contribution in [1.82, 2.24) is 29.9 Å². The number of aryl methyl sites for hydroxylation is 1. The minimum absolute atomic E-state index is 0. The number of aromatic carboxylic acids is 1. The van der Waals surface area contributed by atoms with Crippen LogP contribution in [0.25, 0.3) is 34.2 Å². The summed E-state index contributed by atoms with van der Waals surface area (Å²) in [5.74, 6) is -0.992. The van der Waals surface area contributed by atoms with E-state index in [2.05, 4.69) is 29.9 Å². The van der Waals surface area contributed by atoms with Crippen LogP contribution >= 0.6 is 0 Å². The van der Waals surface area contributed by atoms with E-state index in [1.165, 1.54) is 6.07 Å². The van der Waals surface area contributed by atoms with E-state index in [1.807, 2.05) is 91.9 Å². The number of carbonyl (C=O) groups is 1. The quantitative estimate of drug-likeness (QED) is 0.222. The van der Waals surface area contributed by atoms with Crippen molar-refractivity contribution in [2.75, 3.05) is 0 Å². The molecule has 0 saturated heterocycles. The van der Waals surface area contributed by atoms with Gasteiger partial charge in [0.15, 0.2) is 0 Å². The molecule has 0 radical (unpaired) electrons. The van der Waals surface area contributed by atoms with Gasteiger partial charge in [-0.2, -0.15) is 0 Å². The second kappa shape index (κ2) is 16.2. The first-order chi connectivity index (χ1) is 19.6. The fourth-order valence-electron chi connectivity index (χ4n) is 3.56. The molecule has 0 aliphatic heterocycles. The molecule has 204 valence electrons. The number of aromatic nitrogens is 6. The minimum atomic E-state index is -0.992. The molecular weight excluding hydrogens is 601 g/mol. The minimum Gasteiger partial charge on any atom is -0.478 e. The predicted molar refractivity (Wildman–Crippen MR) is 154 cm³/mol. The standard InChI is InChI=1S/C12H10N2O2.2C10H8N2.Ru/c1-8-4-2-6-13-10(8)11-9(12(15)16)5-3-7-14-11;2*1-3-7-11-9(5-1)10-6-2-4-8-12-10;/h2-7H,1H3,(H,15,16);2*1-8H;. The van der Waals surface area contributed by atoms with Crippen LogP contribution in [0.2, 0.25) is 0 Å². The van der Waals surface area contributed by atoms with Gasteiger partial charge < -0.3 is 5.11 Å². The Kier molecular flexibility index (Phi) is 12.0. The van der Waals surface area contributed by atoms with Crippen LogP contribution in [-0.2, 0) is 19.5 Å². The second-order valence-corrected chi connectivity index (χ2v) is 8.23. The maximum atomic E-state index is 11.0. The van der Waals surface area contributed by atoms with E-state index in [0.29, 0.717) is 11.4 Å². The van der Waals surface area contributed by atoms with Crippen LogP contribution in [-0.4, -0.2) is 41.0 Å². The maximum absolute atomic E-state index is 11.0. The summed E-state index contributed by atoms with van der Waals surface area (Å²) >= 11 is 0. The van der Waals surface area contributed by atoms with E-state index in [0.717, 1.165) is 28.3 Å². The van der Waals surface area contributed by atoms with Crippen molar-refractivity contribution >= 4 is 5.97 Å². The monoisotopic (exact) mass is 628 g/mol. The van der Waals surface area contributed by atoms with Crippen molar-refractivity contribution < 1.29 is 29.4 Å². The maximum Gasteiger partial charge on any atom is 0.337 e. The van der Waals surface area contributed by atoms with Crippen LogP contribution in [0.1, 0.15) is 15.9 Å². The Hall–Kier alpha value is -5.01. The summed E-state index contributed by atoms with van der Waals surface area (Å²) in [4.78, 5) is 36.0. The molecule has 0 aliphatic rings. The first kappa shape index (κ1) is 30.5. The molecule has 0 aliphatic carbocycles. The van der Waals surface area contributed by atoms with Crippen LogP contribution in [0.3, 0.4) is 0 Å². The Morgan fingerprint density at radius 3 is 1.20 bits per heavy atom. The summed E-state index contributed by atoms with van der Waals surface area (Å²) in [5, 5.41) is 9.05. The first-order valence-electron chi connectivity index (χ1n) is 12.4. The van der Waals surface area contributed by atoms with Gasteiger partial charge in [-0.3, -0.25) is 29.9 Å². The molecule has 0 bridgehead atoms. The number of hydrogen-bond acceptors (Lipinski definition) is 7. The van der Waals surface area contributed by atoms with E-state index in [9.17, 15) is 4.79 Å². The van der Waals surface area contributed by atoms with Gasteiger partial charge in [0.1, 0.15) is 5.69 Å². The summed E-state index contributed by atoms with van der Waals surface area (Å²) in [6.07, 6.45) is 10.3. The largest absolute Gasteiger partial charge is 0.478 e. The van der Waals surface area contributed by atoms with Gasteiger partial charge in [0.25, 0.3) is 0 Å². The van der Waals surface area contributed by atoms with Gasteiger partial charge in [-0.25, -0.2) is 4.79 Å². The van der Waals surface area contributed by atoms with Gasteiger partial charge in [0.2, 0.25) is 0 Å². The number of pyridine rings is 6. The van der Waals surface area contributed by atoms with Crippen LogP contribution in [0.4, 0.5) is 0 Å². The van der Waals surface area contributed by atoms with Gasteiger partial charge in [-0.15, -0.1) is 0 Å². The number of nitrogens with zero attached hydrogens (tertiary/aromatic N) is 6. The third-order valence-corrected chi connectivity index (χ3v) is 5.46. The molecule has 0 unspecified atom stereocenters. The number of rotatable bonds is 4. The topological polar surface area (TPSA) is 115 Å². The fourth-order valence-corrected chi connectivity index (χ4v) is 3.56. The Labute approximate surface area is 251 Å². The molecule has 6 rings (SSSR count). The molecule has 6 aromatic rings. The molecule has 0 fully saturated rings. The van der Waals surface area contributed by atoms with Gasteiger partial charge in [0.05, 0.1) is 34.0 Å². The molecule has 6 heterocycles. The zero-order chi connectivity index (χ0) is 28.0. The number of carboxylic acids is 1. The van der Waals surface area contributed by atoms with Crippen molar-refractivity contribution in [2.24, 2.45) is 0 Å². The van der Waals surface area contributed by atoms with Crippen molar-refractivity contribution in [2.45, 2.75) is 6.92 Å². The van der Waals surface area contributed by atoms with Gasteiger partial charge in [-0.05, 0) is 79.2 Å². The third kappa shape index (κ3) is 9.02. The fraction of sp³-hybridized carbons (Fsp3) is 0.0312. The third-order valence-electron chi connectivity index (χ3n) is 5.46. The Bertz CT molecular complexity index is 1470. The van der Waals surface area contributed by atoms with Crippen molar-refractivity contribution in [3.63, 3.8) is 0 Å². The van der Waals surface area contributed by atoms with Gasteiger partial charge in [-0.1, -0.05) is 30.3 Å². The smallest absolute Gasteiger partial charge is 0.337 e. The molecule has 0 saturated carbocycles. The second-order valence-electron chi connectivity index (χ2n) is 8.23. The first-order valence-corrected chi connectivity index (χ1v) is 12.4. The number of hydrogen-bond donors (Lipinski definition) is 1. The van der Waals surface area contributed by atoms with Crippen molar-refractivity contribution in [3.05, 3.63) is 145 Å². The summed E-state index contributed by atoms with van der Waals surface area (Å²) < 4.78 is 0. The van der Waals surface area contributed by atoms with E-state index in [-0.39, 0.29) is 25.0 Å². The molecule has 0 amide bonds. The van der Waals surface area contributed by atoms with E-state index in [4.69, 9.17) is 5.11 Å². The molecule has 6 aromatic heterocycles. The van der Waals surface area contributed by atoms with E-state index >= 15 is 0 Å². The van der Waals surface area contributed by atoms with Crippen molar-refractivity contribution in [1.29, 1.82) is 0 Å². The Morgan fingerprint density at radius 1 is 0.488 bits per heavy atom. The summed E-state index contributed by atoms with van der Waals surface area (Å²) in [6.45, 7) is 1.88. The van der Waals surface area contributed by atoms with E-state index in [1.54, 1.807) is 43.2 Å². The predicted octanol–water partition coefficient (Wildman–Crippen LogP) is 6.43.